The summed E-state index contributed by atoms with van der Waals surface area (Å²) in [6, 6.07) is 9.91. The lowest BCUT2D eigenvalue weighted by atomic mass is 9.89. The molecule has 1 fully saturated rings. The molecule has 0 bridgehead atoms. The molecule has 0 radical (unpaired) electrons. The zero-order valence-corrected chi connectivity index (χ0v) is 13.2. The average molecular weight is 304 g/mol. The Morgan fingerprint density at radius 1 is 1.19 bits per heavy atom. The van der Waals surface area contributed by atoms with Crippen LogP contribution in [-0.2, 0) is 0 Å². The minimum atomic E-state index is 0.749. The van der Waals surface area contributed by atoms with Crippen molar-refractivity contribution in [1.29, 1.82) is 0 Å². The lowest BCUT2D eigenvalue weighted by molar-refractivity contribution is 0.373. The normalized spacial score (nSPS) is 16.1. The summed E-state index contributed by atoms with van der Waals surface area (Å²) in [5, 5.41) is 8.92. The molecule has 1 aliphatic rings. The van der Waals surface area contributed by atoms with Gasteiger partial charge in [0.1, 0.15) is 5.82 Å². The maximum Gasteiger partial charge on any atom is 0.130 e. The summed E-state index contributed by atoms with van der Waals surface area (Å²) in [6.07, 6.45) is 6.85. The van der Waals surface area contributed by atoms with Crippen molar-refractivity contribution >= 4 is 17.4 Å². The Morgan fingerprint density at radius 3 is 2.62 bits per heavy atom. The number of aromatic nitrogens is 2. The molecule has 112 valence electrons. The van der Waals surface area contributed by atoms with Gasteiger partial charge in [0.15, 0.2) is 0 Å². The fraction of sp³-hybridized carbons (Fsp3) is 0.471. The Morgan fingerprint density at radius 2 is 1.90 bits per heavy atom. The third-order valence-corrected chi connectivity index (χ3v) is 4.45. The van der Waals surface area contributed by atoms with Crippen molar-refractivity contribution in [1.82, 2.24) is 9.78 Å². The number of aryl methyl sites for hydroxylation is 1. The summed E-state index contributed by atoms with van der Waals surface area (Å²) >= 11 is 5.96. The molecule has 3 nitrogen and oxygen atoms in total. The molecular formula is C17H22ClN3. The fourth-order valence-electron chi connectivity index (χ4n) is 3.04. The van der Waals surface area contributed by atoms with E-state index < -0.39 is 0 Å². The first-order valence-corrected chi connectivity index (χ1v) is 8.16. The number of hydrogen-bond donors (Lipinski definition) is 1. The highest BCUT2D eigenvalue weighted by atomic mass is 35.5. The molecule has 1 aromatic carbocycles. The number of rotatable bonds is 4. The van der Waals surface area contributed by atoms with Gasteiger partial charge in [0.25, 0.3) is 0 Å². The highest BCUT2D eigenvalue weighted by molar-refractivity contribution is 6.30. The highest BCUT2D eigenvalue weighted by Gasteiger charge is 2.14. The van der Waals surface area contributed by atoms with E-state index in [0.717, 1.165) is 34.7 Å². The van der Waals surface area contributed by atoms with Gasteiger partial charge < -0.3 is 5.32 Å². The second-order valence-electron chi connectivity index (χ2n) is 5.94. The van der Waals surface area contributed by atoms with Crippen LogP contribution in [0.1, 0.15) is 37.8 Å². The Kier molecular flexibility index (Phi) is 4.49. The largest absolute Gasteiger partial charge is 0.370 e. The van der Waals surface area contributed by atoms with Crippen molar-refractivity contribution in [3.05, 3.63) is 41.0 Å². The quantitative estimate of drug-likeness (QED) is 0.877. The van der Waals surface area contributed by atoms with Crippen LogP contribution >= 0.6 is 11.6 Å². The van der Waals surface area contributed by atoms with Crippen LogP contribution in [0.4, 0.5) is 5.82 Å². The Balaban J connectivity index is 1.74. The number of hydrogen-bond acceptors (Lipinski definition) is 2. The van der Waals surface area contributed by atoms with E-state index in [1.165, 1.54) is 32.1 Å². The van der Waals surface area contributed by atoms with Crippen molar-refractivity contribution in [2.24, 2.45) is 5.92 Å². The third kappa shape index (κ3) is 3.59. The van der Waals surface area contributed by atoms with Gasteiger partial charge in [-0.1, -0.05) is 30.9 Å². The van der Waals surface area contributed by atoms with E-state index in [2.05, 4.69) is 16.5 Å². The van der Waals surface area contributed by atoms with Crippen LogP contribution in [0.25, 0.3) is 5.69 Å². The van der Waals surface area contributed by atoms with Crippen molar-refractivity contribution in [3.63, 3.8) is 0 Å². The summed E-state index contributed by atoms with van der Waals surface area (Å²) in [5.41, 5.74) is 2.06. The van der Waals surface area contributed by atoms with Gasteiger partial charge in [-0.15, -0.1) is 0 Å². The maximum absolute atomic E-state index is 5.96. The number of halogens is 1. The van der Waals surface area contributed by atoms with E-state index in [1.807, 2.05) is 35.9 Å². The number of nitrogens with one attached hydrogen (secondary N) is 1. The molecule has 0 aliphatic heterocycles. The summed E-state index contributed by atoms with van der Waals surface area (Å²) < 4.78 is 1.97. The van der Waals surface area contributed by atoms with Crippen molar-refractivity contribution in [3.8, 4) is 5.69 Å². The molecular weight excluding hydrogens is 282 g/mol. The molecule has 1 N–H and O–H groups in total. The van der Waals surface area contributed by atoms with Gasteiger partial charge in [-0.2, -0.15) is 5.10 Å². The molecule has 4 heteroatoms. The minimum absolute atomic E-state index is 0.749. The van der Waals surface area contributed by atoms with Crippen LogP contribution in [0.3, 0.4) is 0 Å². The van der Waals surface area contributed by atoms with Gasteiger partial charge in [0.2, 0.25) is 0 Å². The van der Waals surface area contributed by atoms with E-state index in [4.69, 9.17) is 11.6 Å². The van der Waals surface area contributed by atoms with Crippen LogP contribution < -0.4 is 5.32 Å². The molecule has 0 amide bonds. The van der Waals surface area contributed by atoms with Gasteiger partial charge in [0.05, 0.1) is 11.4 Å². The highest BCUT2D eigenvalue weighted by Crippen LogP contribution is 2.25. The maximum atomic E-state index is 5.96. The van der Waals surface area contributed by atoms with Gasteiger partial charge >= 0.3 is 0 Å². The van der Waals surface area contributed by atoms with E-state index >= 15 is 0 Å². The first kappa shape index (κ1) is 14.5. The minimum Gasteiger partial charge on any atom is -0.370 e. The first-order chi connectivity index (χ1) is 10.2. The predicted molar refractivity (Wildman–Crippen MR) is 88.4 cm³/mol. The number of nitrogens with zero attached hydrogens (tertiary/aromatic N) is 2. The zero-order valence-electron chi connectivity index (χ0n) is 12.5. The standard InChI is InChI=1S/C17H22ClN3/c1-13-11-17(19-12-14-5-3-2-4-6-14)21(20-13)16-9-7-15(18)8-10-16/h7-11,14,19H,2-6,12H2,1H3. The van der Waals surface area contributed by atoms with Crippen molar-refractivity contribution in [2.45, 2.75) is 39.0 Å². The molecule has 2 aromatic rings. The summed E-state index contributed by atoms with van der Waals surface area (Å²) in [5.74, 6) is 1.87. The van der Waals surface area contributed by atoms with Crippen LogP contribution in [0.5, 0.6) is 0 Å². The molecule has 3 rings (SSSR count). The second kappa shape index (κ2) is 6.52. The van der Waals surface area contributed by atoms with Gasteiger partial charge in [0, 0.05) is 17.6 Å². The van der Waals surface area contributed by atoms with Crippen molar-refractivity contribution in [2.75, 3.05) is 11.9 Å². The van der Waals surface area contributed by atoms with E-state index in [0.29, 0.717) is 0 Å². The number of anilines is 1. The molecule has 1 aliphatic carbocycles. The summed E-state index contributed by atoms with van der Waals surface area (Å²) in [6.45, 7) is 3.07. The summed E-state index contributed by atoms with van der Waals surface area (Å²) in [7, 11) is 0. The van der Waals surface area contributed by atoms with E-state index in [1.54, 1.807) is 0 Å². The molecule has 0 saturated heterocycles. The first-order valence-electron chi connectivity index (χ1n) is 7.79. The summed E-state index contributed by atoms with van der Waals surface area (Å²) in [4.78, 5) is 0. The third-order valence-electron chi connectivity index (χ3n) is 4.20. The number of benzene rings is 1. The molecule has 1 heterocycles. The monoisotopic (exact) mass is 303 g/mol. The van der Waals surface area contributed by atoms with Gasteiger partial charge in [-0.3, -0.25) is 0 Å². The zero-order chi connectivity index (χ0) is 14.7. The predicted octanol–water partition coefficient (Wildman–Crippen LogP) is 4.83. The Bertz CT molecular complexity index is 583. The SMILES string of the molecule is Cc1cc(NCC2CCCCC2)n(-c2ccc(Cl)cc2)n1. The van der Waals surface area contributed by atoms with Gasteiger partial charge in [-0.05, 0) is 49.9 Å². The van der Waals surface area contributed by atoms with Gasteiger partial charge in [-0.25, -0.2) is 4.68 Å². The van der Waals surface area contributed by atoms with E-state index in [9.17, 15) is 0 Å². The molecule has 1 aromatic heterocycles. The molecule has 0 spiro atoms. The van der Waals surface area contributed by atoms with Crippen LogP contribution in [0, 0.1) is 12.8 Å². The van der Waals surface area contributed by atoms with Crippen LogP contribution in [-0.4, -0.2) is 16.3 Å². The molecule has 0 unspecified atom stereocenters. The van der Waals surface area contributed by atoms with Crippen molar-refractivity contribution < 1.29 is 0 Å². The lowest BCUT2D eigenvalue weighted by Gasteiger charge is -2.22. The molecule has 1 saturated carbocycles. The van der Waals surface area contributed by atoms with Crippen LogP contribution in [0.15, 0.2) is 30.3 Å². The van der Waals surface area contributed by atoms with E-state index in [-0.39, 0.29) is 0 Å². The average Bonchev–Trinajstić information content (AvgIpc) is 2.88. The van der Waals surface area contributed by atoms with Crippen LogP contribution in [0.2, 0.25) is 5.02 Å². The second-order valence-corrected chi connectivity index (χ2v) is 6.38. The Labute approximate surface area is 131 Å². The Hall–Kier alpha value is -1.48. The lowest BCUT2D eigenvalue weighted by Crippen LogP contribution is -2.18. The fourth-order valence-corrected chi connectivity index (χ4v) is 3.17. The molecule has 21 heavy (non-hydrogen) atoms. The topological polar surface area (TPSA) is 29.9 Å². The smallest absolute Gasteiger partial charge is 0.130 e. The molecule has 0 atom stereocenters.